The molecule has 1 atom stereocenters. The van der Waals surface area contributed by atoms with Crippen molar-refractivity contribution < 1.29 is 14.3 Å². The van der Waals surface area contributed by atoms with Gasteiger partial charge in [0.25, 0.3) is 0 Å². The van der Waals surface area contributed by atoms with Gasteiger partial charge in [0.1, 0.15) is 0 Å². The third-order valence-electron chi connectivity index (χ3n) is 5.07. The number of anilines is 1. The highest BCUT2D eigenvalue weighted by atomic mass is 79.9. The molecule has 0 aromatic heterocycles. The van der Waals surface area contributed by atoms with Gasteiger partial charge in [-0.3, -0.25) is 4.79 Å². The lowest BCUT2D eigenvalue weighted by Gasteiger charge is -2.34. The van der Waals surface area contributed by atoms with Gasteiger partial charge in [-0.05, 0) is 42.2 Å². The van der Waals surface area contributed by atoms with Crippen LogP contribution in [0.5, 0.6) is 11.5 Å². The Balaban J connectivity index is 1.75. The zero-order chi connectivity index (χ0) is 17.0. The van der Waals surface area contributed by atoms with E-state index in [9.17, 15) is 4.79 Å². The molecule has 4 nitrogen and oxygen atoms in total. The number of benzene rings is 2. The van der Waals surface area contributed by atoms with Gasteiger partial charge < -0.3 is 14.8 Å². The molecule has 1 unspecified atom stereocenters. The summed E-state index contributed by atoms with van der Waals surface area (Å²) in [5.74, 6) is 1.66. The van der Waals surface area contributed by atoms with E-state index in [2.05, 4.69) is 33.4 Å². The molecule has 5 heteroatoms. The molecule has 0 bridgehead atoms. The van der Waals surface area contributed by atoms with Crippen LogP contribution in [0.25, 0.3) is 0 Å². The van der Waals surface area contributed by atoms with Crippen molar-refractivity contribution >= 4 is 27.4 Å². The van der Waals surface area contributed by atoms with Crippen molar-refractivity contribution in [3.63, 3.8) is 0 Å². The van der Waals surface area contributed by atoms with Crippen LogP contribution in [0, 0.1) is 0 Å². The molecule has 0 fully saturated rings. The number of fused-ring (bicyclic) bond motifs is 2. The summed E-state index contributed by atoms with van der Waals surface area (Å²) < 4.78 is 12.1. The van der Waals surface area contributed by atoms with Crippen molar-refractivity contribution in [2.75, 3.05) is 12.1 Å². The van der Waals surface area contributed by atoms with Gasteiger partial charge >= 0.3 is 0 Å². The first-order valence-electron chi connectivity index (χ1n) is 8.43. The number of ketones is 1. The number of allylic oxidation sites excluding steroid dienone is 2. The summed E-state index contributed by atoms with van der Waals surface area (Å²) in [4.78, 5) is 12.8. The maximum Gasteiger partial charge on any atom is 0.231 e. The normalized spacial score (nSPS) is 20.8. The van der Waals surface area contributed by atoms with E-state index in [1.54, 1.807) is 0 Å². The van der Waals surface area contributed by atoms with Crippen LogP contribution in [0.4, 0.5) is 5.69 Å². The standard InChI is InChI=1S/C20H16BrNO3/c21-12-4-1-3-11(7-12)19-13-8-17-18(25-10-24-17)9-15(13)22-14-5-2-6-16(23)20(14)19/h1,3-4,7-9,19,22H,2,5-6,10H2. The van der Waals surface area contributed by atoms with Gasteiger partial charge in [0.05, 0.1) is 0 Å². The van der Waals surface area contributed by atoms with E-state index in [4.69, 9.17) is 9.47 Å². The van der Waals surface area contributed by atoms with Crippen LogP contribution >= 0.6 is 15.9 Å². The van der Waals surface area contributed by atoms with Gasteiger partial charge in [0.15, 0.2) is 17.3 Å². The summed E-state index contributed by atoms with van der Waals surface area (Å²) in [5.41, 5.74) is 5.13. The molecule has 0 radical (unpaired) electrons. The van der Waals surface area contributed by atoms with Crippen LogP contribution in [-0.4, -0.2) is 12.6 Å². The van der Waals surface area contributed by atoms with E-state index in [0.717, 1.165) is 56.9 Å². The van der Waals surface area contributed by atoms with Crippen LogP contribution in [0.3, 0.4) is 0 Å². The Morgan fingerprint density at radius 3 is 2.76 bits per heavy atom. The fourth-order valence-electron chi connectivity index (χ4n) is 3.98. The summed E-state index contributed by atoms with van der Waals surface area (Å²) in [6.45, 7) is 0.242. The molecule has 3 aliphatic rings. The van der Waals surface area contributed by atoms with Gasteiger partial charge in [0, 0.05) is 39.8 Å². The smallest absolute Gasteiger partial charge is 0.231 e. The number of hydrogen-bond acceptors (Lipinski definition) is 4. The van der Waals surface area contributed by atoms with Crippen LogP contribution in [0.2, 0.25) is 0 Å². The fourth-order valence-corrected chi connectivity index (χ4v) is 4.40. The van der Waals surface area contributed by atoms with Crippen molar-refractivity contribution in [2.24, 2.45) is 0 Å². The van der Waals surface area contributed by atoms with Crippen molar-refractivity contribution in [1.82, 2.24) is 0 Å². The summed E-state index contributed by atoms with van der Waals surface area (Å²) in [6.07, 6.45) is 2.42. The van der Waals surface area contributed by atoms with Gasteiger partial charge in [-0.1, -0.05) is 28.1 Å². The van der Waals surface area contributed by atoms with E-state index < -0.39 is 0 Å². The maximum absolute atomic E-state index is 12.8. The molecular formula is C20H16BrNO3. The van der Waals surface area contributed by atoms with E-state index in [0.29, 0.717) is 6.42 Å². The van der Waals surface area contributed by atoms with Crippen LogP contribution in [-0.2, 0) is 4.79 Å². The molecule has 2 aromatic rings. The Morgan fingerprint density at radius 1 is 1.08 bits per heavy atom. The highest BCUT2D eigenvalue weighted by Crippen LogP contribution is 2.49. The van der Waals surface area contributed by atoms with Gasteiger partial charge in [-0.25, -0.2) is 0 Å². The number of rotatable bonds is 1. The number of hydrogen-bond donors (Lipinski definition) is 1. The molecule has 126 valence electrons. The molecule has 0 saturated heterocycles. The summed E-state index contributed by atoms with van der Waals surface area (Å²) in [5, 5.41) is 3.48. The number of ether oxygens (including phenoxy) is 2. The predicted octanol–water partition coefficient (Wildman–Crippen LogP) is 4.74. The van der Waals surface area contributed by atoms with E-state index >= 15 is 0 Å². The Kier molecular flexibility index (Phi) is 3.38. The number of halogens is 1. The minimum atomic E-state index is -0.0777. The monoisotopic (exact) mass is 397 g/mol. The van der Waals surface area contributed by atoms with Crippen LogP contribution in [0.15, 0.2) is 52.1 Å². The average molecular weight is 398 g/mol. The van der Waals surface area contributed by atoms with Crippen LogP contribution < -0.4 is 14.8 Å². The Labute approximate surface area is 154 Å². The number of nitrogens with one attached hydrogen (secondary N) is 1. The van der Waals surface area contributed by atoms with Crippen molar-refractivity contribution in [2.45, 2.75) is 25.2 Å². The molecule has 0 amide bonds. The summed E-state index contributed by atoms with van der Waals surface area (Å²) >= 11 is 3.56. The largest absolute Gasteiger partial charge is 0.454 e. The second-order valence-electron chi connectivity index (χ2n) is 6.57. The second-order valence-corrected chi connectivity index (χ2v) is 7.49. The van der Waals surface area contributed by atoms with Crippen molar-refractivity contribution in [3.05, 3.63) is 63.3 Å². The highest BCUT2D eigenvalue weighted by molar-refractivity contribution is 9.10. The molecule has 2 aromatic carbocycles. The molecule has 1 aliphatic carbocycles. The van der Waals surface area contributed by atoms with Gasteiger partial charge in [-0.2, -0.15) is 0 Å². The summed E-state index contributed by atoms with van der Waals surface area (Å²) in [6, 6.07) is 12.2. The lowest BCUT2D eigenvalue weighted by molar-refractivity contribution is -0.116. The predicted molar refractivity (Wildman–Crippen MR) is 98.1 cm³/mol. The van der Waals surface area contributed by atoms with E-state index in [1.807, 2.05) is 24.3 Å². The Bertz CT molecular complexity index is 935. The number of Topliss-reactive ketones (excluding diaryl/α,β-unsaturated/α-hetero) is 1. The molecule has 0 saturated carbocycles. The quantitative estimate of drug-likeness (QED) is 0.754. The molecule has 1 N–H and O–H groups in total. The zero-order valence-electron chi connectivity index (χ0n) is 13.5. The molecule has 0 spiro atoms. The minimum Gasteiger partial charge on any atom is -0.454 e. The topological polar surface area (TPSA) is 47.6 Å². The first-order chi connectivity index (χ1) is 12.2. The first kappa shape index (κ1) is 15.0. The molecule has 25 heavy (non-hydrogen) atoms. The van der Waals surface area contributed by atoms with E-state index in [-0.39, 0.29) is 18.5 Å². The highest BCUT2D eigenvalue weighted by Gasteiger charge is 2.36. The zero-order valence-corrected chi connectivity index (χ0v) is 15.1. The average Bonchev–Trinajstić information content (AvgIpc) is 3.05. The lowest BCUT2D eigenvalue weighted by Crippen LogP contribution is -2.26. The number of carbonyl (C=O) groups excluding carboxylic acids is 1. The third kappa shape index (κ3) is 2.37. The Morgan fingerprint density at radius 2 is 1.92 bits per heavy atom. The lowest BCUT2D eigenvalue weighted by atomic mass is 9.75. The first-order valence-corrected chi connectivity index (χ1v) is 9.22. The molecule has 2 aliphatic heterocycles. The fraction of sp³-hybridized carbons (Fsp3) is 0.250. The Hall–Kier alpha value is -2.27. The third-order valence-corrected chi connectivity index (χ3v) is 5.56. The maximum atomic E-state index is 12.8. The van der Waals surface area contributed by atoms with Gasteiger partial charge in [-0.15, -0.1) is 0 Å². The molecular weight excluding hydrogens is 382 g/mol. The van der Waals surface area contributed by atoms with Crippen molar-refractivity contribution in [1.29, 1.82) is 0 Å². The minimum absolute atomic E-state index is 0.0777. The molecule has 2 heterocycles. The SMILES string of the molecule is O=C1CCCC2=C1C(c1cccc(Br)c1)c1cc3c(cc1N2)OCO3. The van der Waals surface area contributed by atoms with Crippen LogP contribution in [0.1, 0.15) is 36.3 Å². The number of carbonyl (C=O) groups is 1. The second kappa shape index (κ2) is 5.63. The van der Waals surface area contributed by atoms with Crippen molar-refractivity contribution in [3.8, 4) is 11.5 Å². The summed E-state index contributed by atoms with van der Waals surface area (Å²) in [7, 11) is 0. The van der Waals surface area contributed by atoms with Gasteiger partial charge in [0.2, 0.25) is 6.79 Å². The van der Waals surface area contributed by atoms with E-state index in [1.165, 1.54) is 0 Å². The molecule has 5 rings (SSSR count).